The van der Waals surface area contributed by atoms with Crippen molar-refractivity contribution in [2.75, 3.05) is 13.6 Å². The number of fused-ring (bicyclic) bond motifs is 1. The Labute approximate surface area is 119 Å². The number of rotatable bonds is 5. The third-order valence-corrected chi connectivity index (χ3v) is 3.57. The van der Waals surface area contributed by atoms with Crippen LogP contribution in [0.4, 0.5) is 0 Å². The van der Waals surface area contributed by atoms with Gasteiger partial charge in [-0.15, -0.1) is 0 Å². The molecule has 1 amide bonds. The molecule has 0 aliphatic carbocycles. The molecule has 0 aliphatic rings. The molecule has 1 aromatic heterocycles. The summed E-state index contributed by atoms with van der Waals surface area (Å²) >= 11 is 0. The third kappa shape index (κ3) is 3.00. The average Bonchev–Trinajstić information content (AvgIpc) is 2.79. The Balaban J connectivity index is 2.03. The number of nitrogens with zero attached hydrogens (tertiary/aromatic N) is 3. The van der Waals surface area contributed by atoms with Crippen molar-refractivity contribution in [3.8, 4) is 6.07 Å². The molecule has 4 nitrogen and oxygen atoms in total. The molecule has 2 rings (SSSR count). The summed E-state index contributed by atoms with van der Waals surface area (Å²) in [5, 5.41) is 9.75. The summed E-state index contributed by atoms with van der Waals surface area (Å²) < 4.78 is 2.11. The highest BCUT2D eigenvalue weighted by molar-refractivity contribution is 5.84. The zero-order valence-electron chi connectivity index (χ0n) is 12.0. The maximum atomic E-state index is 11.8. The molecule has 0 bridgehead atoms. The van der Waals surface area contributed by atoms with Gasteiger partial charge in [0.2, 0.25) is 5.91 Å². The molecule has 104 valence electrons. The zero-order chi connectivity index (χ0) is 14.5. The van der Waals surface area contributed by atoms with Crippen LogP contribution in [0.3, 0.4) is 0 Å². The fraction of sp³-hybridized carbons (Fsp3) is 0.375. The summed E-state index contributed by atoms with van der Waals surface area (Å²) in [5.74, 6) is 0.0341. The van der Waals surface area contributed by atoms with E-state index in [1.165, 1.54) is 16.5 Å². The predicted molar refractivity (Wildman–Crippen MR) is 79.1 cm³/mol. The fourth-order valence-corrected chi connectivity index (χ4v) is 2.39. The minimum Gasteiger partial charge on any atom is -0.350 e. The second kappa shape index (κ2) is 6.25. The monoisotopic (exact) mass is 269 g/mol. The number of hydrogen-bond acceptors (Lipinski definition) is 2. The highest BCUT2D eigenvalue weighted by Crippen LogP contribution is 2.20. The van der Waals surface area contributed by atoms with Crippen LogP contribution in [0.5, 0.6) is 0 Å². The van der Waals surface area contributed by atoms with Crippen molar-refractivity contribution in [1.82, 2.24) is 9.47 Å². The van der Waals surface area contributed by atoms with E-state index in [0.717, 1.165) is 6.42 Å². The second-order valence-corrected chi connectivity index (χ2v) is 5.01. The lowest BCUT2D eigenvalue weighted by Gasteiger charge is -2.16. The molecule has 2 aromatic rings. The van der Waals surface area contributed by atoms with Crippen LogP contribution < -0.4 is 0 Å². The third-order valence-electron chi connectivity index (χ3n) is 3.57. The predicted octanol–water partition coefficient (Wildman–Crippen LogP) is 2.48. The molecule has 0 fully saturated rings. The van der Waals surface area contributed by atoms with Gasteiger partial charge in [0.05, 0.1) is 6.07 Å². The number of carbonyl (C=O) groups excluding carboxylic acids is 1. The molecule has 0 radical (unpaired) electrons. The van der Waals surface area contributed by atoms with Crippen molar-refractivity contribution in [1.29, 1.82) is 5.26 Å². The number of carbonyl (C=O) groups is 1. The quantitative estimate of drug-likeness (QED) is 0.837. The first-order valence-corrected chi connectivity index (χ1v) is 6.77. The summed E-state index contributed by atoms with van der Waals surface area (Å²) in [6, 6.07) is 10.3. The molecule has 0 saturated heterocycles. The van der Waals surface area contributed by atoms with E-state index in [2.05, 4.69) is 22.9 Å². The minimum atomic E-state index is 0.0341. The van der Waals surface area contributed by atoms with E-state index in [4.69, 9.17) is 5.26 Å². The number of benzene rings is 1. The largest absolute Gasteiger partial charge is 0.350 e. The maximum absolute atomic E-state index is 11.8. The Kier molecular flexibility index (Phi) is 4.41. The molecule has 1 aromatic carbocycles. The maximum Gasteiger partial charge on any atom is 0.223 e. The molecule has 20 heavy (non-hydrogen) atoms. The molecule has 0 atom stereocenters. The van der Waals surface area contributed by atoms with Crippen molar-refractivity contribution >= 4 is 16.8 Å². The van der Waals surface area contributed by atoms with Gasteiger partial charge in [0.15, 0.2) is 0 Å². The molecule has 1 heterocycles. The number of aromatic nitrogens is 1. The molecule has 4 heteroatoms. The number of likely N-dealkylation sites (N-methyl/N-ethyl adjacent to an activating group) is 1. The molecule has 0 spiro atoms. The van der Waals surface area contributed by atoms with Crippen LogP contribution in [-0.4, -0.2) is 29.0 Å². The fourth-order valence-electron chi connectivity index (χ4n) is 2.39. The van der Waals surface area contributed by atoms with E-state index >= 15 is 0 Å². The normalized spacial score (nSPS) is 10.4. The topological polar surface area (TPSA) is 49.0 Å². The van der Waals surface area contributed by atoms with E-state index in [9.17, 15) is 4.79 Å². The molecule has 0 saturated carbocycles. The summed E-state index contributed by atoms with van der Waals surface area (Å²) in [7, 11) is 3.83. The number of aryl methyl sites for hydroxylation is 1. The average molecular weight is 269 g/mol. The van der Waals surface area contributed by atoms with Crippen LogP contribution in [0, 0.1) is 11.3 Å². The van der Waals surface area contributed by atoms with Crippen LogP contribution in [0.1, 0.15) is 18.4 Å². The van der Waals surface area contributed by atoms with Gasteiger partial charge in [0.1, 0.15) is 0 Å². The van der Waals surface area contributed by atoms with Gasteiger partial charge in [0.25, 0.3) is 0 Å². The van der Waals surface area contributed by atoms with Crippen molar-refractivity contribution in [2.24, 2.45) is 7.05 Å². The van der Waals surface area contributed by atoms with Crippen LogP contribution in [0.2, 0.25) is 0 Å². The summed E-state index contributed by atoms with van der Waals surface area (Å²) in [5.41, 5.74) is 2.46. The number of para-hydroxylation sites is 1. The van der Waals surface area contributed by atoms with Crippen LogP contribution in [0.15, 0.2) is 30.5 Å². The molecule has 0 aliphatic heterocycles. The van der Waals surface area contributed by atoms with Gasteiger partial charge < -0.3 is 9.47 Å². The van der Waals surface area contributed by atoms with E-state index in [-0.39, 0.29) is 12.3 Å². The molecular formula is C16H19N3O. The smallest absolute Gasteiger partial charge is 0.223 e. The molecule has 0 N–H and O–H groups in total. The van der Waals surface area contributed by atoms with Gasteiger partial charge in [0, 0.05) is 50.6 Å². The van der Waals surface area contributed by atoms with E-state index < -0.39 is 0 Å². The molecule has 0 unspecified atom stereocenters. The first-order valence-electron chi connectivity index (χ1n) is 6.77. The first kappa shape index (κ1) is 14.1. The summed E-state index contributed by atoms with van der Waals surface area (Å²) in [4.78, 5) is 13.5. The summed E-state index contributed by atoms with van der Waals surface area (Å²) in [6.07, 6.45) is 3.55. The van der Waals surface area contributed by atoms with Gasteiger partial charge in [-0.1, -0.05) is 18.2 Å². The van der Waals surface area contributed by atoms with Crippen LogP contribution in [0.25, 0.3) is 10.9 Å². The summed E-state index contributed by atoms with van der Waals surface area (Å²) in [6.45, 7) is 0.679. The van der Waals surface area contributed by atoms with Gasteiger partial charge in [-0.25, -0.2) is 0 Å². The van der Waals surface area contributed by atoms with E-state index in [1.54, 1.807) is 11.9 Å². The highest BCUT2D eigenvalue weighted by Gasteiger charge is 2.10. The minimum absolute atomic E-state index is 0.0341. The Hall–Kier alpha value is -2.28. The lowest BCUT2D eigenvalue weighted by molar-refractivity contribution is -0.129. The van der Waals surface area contributed by atoms with Crippen molar-refractivity contribution in [3.63, 3.8) is 0 Å². The lowest BCUT2D eigenvalue weighted by Crippen LogP contribution is -2.28. The Morgan fingerprint density at radius 1 is 1.40 bits per heavy atom. The van der Waals surface area contributed by atoms with E-state index in [0.29, 0.717) is 13.0 Å². The Morgan fingerprint density at radius 3 is 2.90 bits per heavy atom. The SMILES string of the molecule is CN(CCc1cn(C)c2ccccc12)C(=O)CCC#N. The van der Waals surface area contributed by atoms with Crippen LogP contribution in [-0.2, 0) is 18.3 Å². The van der Waals surface area contributed by atoms with Crippen molar-refractivity contribution < 1.29 is 4.79 Å². The van der Waals surface area contributed by atoms with Crippen LogP contribution >= 0.6 is 0 Å². The van der Waals surface area contributed by atoms with Gasteiger partial charge in [-0.3, -0.25) is 4.79 Å². The Morgan fingerprint density at radius 2 is 2.15 bits per heavy atom. The Bertz CT molecular complexity index is 651. The van der Waals surface area contributed by atoms with Gasteiger partial charge in [-0.05, 0) is 18.1 Å². The first-order chi connectivity index (χ1) is 9.63. The van der Waals surface area contributed by atoms with Gasteiger partial charge >= 0.3 is 0 Å². The van der Waals surface area contributed by atoms with E-state index in [1.807, 2.05) is 25.2 Å². The number of nitriles is 1. The number of amides is 1. The van der Waals surface area contributed by atoms with Crippen molar-refractivity contribution in [2.45, 2.75) is 19.3 Å². The zero-order valence-corrected chi connectivity index (χ0v) is 12.0. The second-order valence-electron chi connectivity index (χ2n) is 5.01. The lowest BCUT2D eigenvalue weighted by atomic mass is 10.1. The highest BCUT2D eigenvalue weighted by atomic mass is 16.2. The standard InChI is InChI=1S/C16H19N3O/c1-18(16(20)8-5-10-17)11-9-13-12-19(2)15-7-4-3-6-14(13)15/h3-4,6-7,12H,5,8-9,11H2,1-2H3. The van der Waals surface area contributed by atoms with Crippen molar-refractivity contribution in [3.05, 3.63) is 36.0 Å². The molecular weight excluding hydrogens is 250 g/mol. The van der Waals surface area contributed by atoms with Gasteiger partial charge in [-0.2, -0.15) is 5.26 Å². The number of hydrogen-bond donors (Lipinski definition) is 0.